The Labute approximate surface area is 90.3 Å². The van der Waals surface area contributed by atoms with E-state index in [-0.39, 0.29) is 12.0 Å². The van der Waals surface area contributed by atoms with Crippen LogP contribution in [0.5, 0.6) is 0 Å². The summed E-state index contributed by atoms with van der Waals surface area (Å²) in [7, 11) is 0. The Balaban J connectivity index is 2.90. The van der Waals surface area contributed by atoms with Crippen molar-refractivity contribution >= 4 is 0 Å². The van der Waals surface area contributed by atoms with E-state index in [2.05, 4.69) is 17.2 Å². The maximum Gasteiger partial charge on any atom is 0.0994 e. The number of hydrogen-bond donors (Lipinski definition) is 2. The lowest BCUT2D eigenvalue weighted by molar-refractivity contribution is 0.134. The van der Waals surface area contributed by atoms with Crippen LogP contribution in [0.4, 0.5) is 0 Å². The van der Waals surface area contributed by atoms with Crippen LogP contribution in [0.1, 0.15) is 32.2 Å². The summed E-state index contributed by atoms with van der Waals surface area (Å²) in [4.78, 5) is 0. The van der Waals surface area contributed by atoms with Crippen molar-refractivity contribution in [2.24, 2.45) is 11.1 Å². The molecule has 1 heterocycles. The molecular formula is C10H20N4O. The Morgan fingerprint density at radius 1 is 1.47 bits per heavy atom. The SMILES string of the molecule is CCc1c(CN)nnn1CC(C)(C)CO. The van der Waals surface area contributed by atoms with Gasteiger partial charge in [-0.1, -0.05) is 26.0 Å². The number of aliphatic hydroxyl groups excluding tert-OH is 1. The molecule has 0 radical (unpaired) electrons. The van der Waals surface area contributed by atoms with Gasteiger partial charge in [-0.2, -0.15) is 0 Å². The van der Waals surface area contributed by atoms with Gasteiger partial charge >= 0.3 is 0 Å². The van der Waals surface area contributed by atoms with E-state index in [0.29, 0.717) is 13.1 Å². The van der Waals surface area contributed by atoms with Crippen molar-refractivity contribution in [1.82, 2.24) is 15.0 Å². The second kappa shape index (κ2) is 4.72. The second-order valence-corrected chi connectivity index (χ2v) is 4.52. The average Bonchev–Trinajstić information content (AvgIpc) is 2.59. The topological polar surface area (TPSA) is 77.0 Å². The fourth-order valence-corrected chi connectivity index (χ4v) is 1.50. The van der Waals surface area contributed by atoms with Crippen LogP contribution >= 0.6 is 0 Å². The van der Waals surface area contributed by atoms with Crippen molar-refractivity contribution in [3.05, 3.63) is 11.4 Å². The lowest BCUT2D eigenvalue weighted by Gasteiger charge is -2.22. The van der Waals surface area contributed by atoms with Gasteiger partial charge in [0.1, 0.15) is 0 Å². The van der Waals surface area contributed by atoms with Crippen LogP contribution < -0.4 is 5.73 Å². The van der Waals surface area contributed by atoms with E-state index in [9.17, 15) is 5.11 Å². The highest BCUT2D eigenvalue weighted by atomic mass is 16.3. The first-order chi connectivity index (χ1) is 7.04. The van der Waals surface area contributed by atoms with Crippen molar-refractivity contribution in [3.63, 3.8) is 0 Å². The van der Waals surface area contributed by atoms with Crippen LogP contribution in [0.3, 0.4) is 0 Å². The number of nitrogens with two attached hydrogens (primary N) is 1. The molecule has 0 aliphatic rings. The van der Waals surface area contributed by atoms with Gasteiger partial charge in [0.15, 0.2) is 0 Å². The monoisotopic (exact) mass is 212 g/mol. The number of aliphatic hydroxyl groups is 1. The van der Waals surface area contributed by atoms with Gasteiger partial charge in [0.05, 0.1) is 17.9 Å². The Morgan fingerprint density at radius 2 is 2.13 bits per heavy atom. The molecule has 0 saturated carbocycles. The fourth-order valence-electron chi connectivity index (χ4n) is 1.50. The molecule has 0 atom stereocenters. The molecule has 0 aliphatic carbocycles. The van der Waals surface area contributed by atoms with E-state index in [1.54, 1.807) is 0 Å². The smallest absolute Gasteiger partial charge is 0.0994 e. The minimum Gasteiger partial charge on any atom is -0.396 e. The standard InChI is InChI=1S/C10H20N4O/c1-4-9-8(5-11)12-13-14(9)6-10(2,3)7-15/h15H,4-7,11H2,1-3H3. The predicted molar refractivity (Wildman–Crippen MR) is 58.2 cm³/mol. The third-order valence-corrected chi connectivity index (χ3v) is 2.45. The van der Waals surface area contributed by atoms with Crippen molar-refractivity contribution in [1.29, 1.82) is 0 Å². The highest BCUT2D eigenvalue weighted by molar-refractivity contribution is 5.09. The molecule has 1 rings (SSSR count). The average molecular weight is 212 g/mol. The minimum atomic E-state index is -0.177. The summed E-state index contributed by atoms with van der Waals surface area (Å²) < 4.78 is 1.85. The zero-order chi connectivity index (χ0) is 11.5. The van der Waals surface area contributed by atoms with Gasteiger partial charge < -0.3 is 10.8 Å². The van der Waals surface area contributed by atoms with Crippen LogP contribution in [0, 0.1) is 5.41 Å². The lowest BCUT2D eigenvalue weighted by atomic mass is 9.95. The van der Waals surface area contributed by atoms with Crippen molar-refractivity contribution in [2.45, 2.75) is 40.3 Å². The molecule has 0 bridgehead atoms. The molecule has 5 nitrogen and oxygen atoms in total. The van der Waals surface area contributed by atoms with Crippen LogP contribution in [0.25, 0.3) is 0 Å². The molecular weight excluding hydrogens is 192 g/mol. The molecule has 5 heteroatoms. The largest absolute Gasteiger partial charge is 0.396 e. The summed E-state index contributed by atoms with van der Waals surface area (Å²) in [6.45, 7) is 7.27. The van der Waals surface area contributed by atoms with Crippen LogP contribution in [0.2, 0.25) is 0 Å². The van der Waals surface area contributed by atoms with Crippen molar-refractivity contribution in [3.8, 4) is 0 Å². The first kappa shape index (κ1) is 12.1. The highest BCUT2D eigenvalue weighted by Gasteiger charge is 2.20. The summed E-state index contributed by atoms with van der Waals surface area (Å²) in [5, 5.41) is 17.3. The molecule has 0 saturated heterocycles. The molecule has 3 N–H and O–H groups in total. The van der Waals surface area contributed by atoms with E-state index in [0.717, 1.165) is 17.8 Å². The first-order valence-electron chi connectivity index (χ1n) is 5.26. The minimum absolute atomic E-state index is 0.133. The molecule has 0 unspecified atom stereocenters. The molecule has 0 amide bonds. The molecule has 1 aromatic heterocycles. The molecule has 0 fully saturated rings. The van der Waals surface area contributed by atoms with Gasteiger partial charge in [-0.05, 0) is 6.42 Å². The highest BCUT2D eigenvalue weighted by Crippen LogP contribution is 2.18. The van der Waals surface area contributed by atoms with E-state index >= 15 is 0 Å². The molecule has 86 valence electrons. The quantitative estimate of drug-likeness (QED) is 0.736. The van der Waals surface area contributed by atoms with Gasteiger partial charge in [0.2, 0.25) is 0 Å². The molecule has 1 aromatic rings. The molecule has 0 spiro atoms. The Morgan fingerprint density at radius 3 is 2.60 bits per heavy atom. The fraction of sp³-hybridized carbons (Fsp3) is 0.800. The first-order valence-corrected chi connectivity index (χ1v) is 5.26. The summed E-state index contributed by atoms with van der Waals surface area (Å²) in [6, 6.07) is 0. The van der Waals surface area contributed by atoms with E-state index in [4.69, 9.17) is 5.73 Å². The summed E-state index contributed by atoms with van der Waals surface area (Å²) in [5.41, 5.74) is 7.32. The van der Waals surface area contributed by atoms with E-state index in [1.807, 2.05) is 18.5 Å². The number of hydrogen-bond acceptors (Lipinski definition) is 4. The predicted octanol–water partition coefficient (Wildman–Crippen LogP) is 0.318. The van der Waals surface area contributed by atoms with Crippen molar-refractivity contribution < 1.29 is 5.11 Å². The second-order valence-electron chi connectivity index (χ2n) is 4.52. The van der Waals surface area contributed by atoms with Gasteiger partial charge in [-0.25, -0.2) is 4.68 Å². The van der Waals surface area contributed by atoms with Gasteiger partial charge in [-0.3, -0.25) is 0 Å². The zero-order valence-corrected chi connectivity index (χ0v) is 9.69. The van der Waals surface area contributed by atoms with Crippen LogP contribution in [-0.4, -0.2) is 26.7 Å². The zero-order valence-electron chi connectivity index (χ0n) is 9.69. The lowest BCUT2D eigenvalue weighted by Crippen LogP contribution is -2.25. The van der Waals surface area contributed by atoms with Gasteiger partial charge in [0.25, 0.3) is 0 Å². The van der Waals surface area contributed by atoms with E-state index in [1.165, 1.54) is 0 Å². The van der Waals surface area contributed by atoms with Crippen LogP contribution in [-0.2, 0) is 19.5 Å². The number of nitrogens with zero attached hydrogens (tertiary/aromatic N) is 3. The maximum absolute atomic E-state index is 9.20. The Kier molecular flexibility index (Phi) is 3.82. The molecule has 15 heavy (non-hydrogen) atoms. The third-order valence-electron chi connectivity index (χ3n) is 2.45. The summed E-state index contributed by atoms with van der Waals surface area (Å²) in [6.07, 6.45) is 0.862. The summed E-state index contributed by atoms with van der Waals surface area (Å²) >= 11 is 0. The maximum atomic E-state index is 9.20. The normalized spacial score (nSPS) is 12.1. The Hall–Kier alpha value is -0.940. The van der Waals surface area contributed by atoms with Crippen LogP contribution in [0.15, 0.2) is 0 Å². The number of aromatic nitrogens is 3. The van der Waals surface area contributed by atoms with E-state index < -0.39 is 0 Å². The Bertz CT molecular complexity index is 319. The summed E-state index contributed by atoms with van der Waals surface area (Å²) in [5.74, 6) is 0. The van der Waals surface area contributed by atoms with Gasteiger partial charge in [-0.15, -0.1) is 5.10 Å². The third kappa shape index (κ3) is 2.76. The molecule has 0 aliphatic heterocycles. The van der Waals surface area contributed by atoms with Crippen molar-refractivity contribution in [2.75, 3.05) is 6.61 Å². The number of rotatable bonds is 5. The molecule has 0 aromatic carbocycles. The van der Waals surface area contributed by atoms with Gasteiger partial charge in [0, 0.05) is 18.6 Å².